The van der Waals surface area contributed by atoms with Crippen molar-refractivity contribution >= 4 is 12.0 Å². The van der Waals surface area contributed by atoms with Crippen LogP contribution in [0.25, 0.3) is 6.08 Å². The van der Waals surface area contributed by atoms with Crippen LogP contribution in [0.1, 0.15) is 11.1 Å². The lowest BCUT2D eigenvalue weighted by Crippen LogP contribution is -2.55. The Labute approximate surface area is 168 Å². The average Bonchev–Trinajstić information content (AvgIpc) is 2.73. The number of likely N-dealkylation sites (tertiary alicyclic amines) is 1. The number of hydrogen-bond acceptors (Lipinski definition) is 7. The van der Waals surface area contributed by atoms with Gasteiger partial charge in [-0.25, -0.2) is 4.98 Å². The number of hydrogen-bond donors (Lipinski definition) is 0. The molecule has 1 aliphatic rings. The van der Waals surface area contributed by atoms with Crippen LogP contribution in [-0.2, 0) is 4.79 Å². The number of aromatic nitrogens is 1. The van der Waals surface area contributed by atoms with E-state index in [4.69, 9.17) is 24.2 Å². The van der Waals surface area contributed by atoms with Gasteiger partial charge in [-0.3, -0.25) is 4.79 Å². The zero-order chi connectivity index (χ0) is 20.8. The predicted octanol–water partition coefficient (Wildman–Crippen LogP) is 2.28. The summed E-state index contributed by atoms with van der Waals surface area (Å²) >= 11 is 0. The number of carbonyl (C=O) groups is 1. The Kier molecular flexibility index (Phi) is 6.19. The fraction of sp³-hybridized carbons (Fsp3) is 0.286. The van der Waals surface area contributed by atoms with Gasteiger partial charge in [0, 0.05) is 18.3 Å². The van der Waals surface area contributed by atoms with Gasteiger partial charge in [0.25, 0.3) is 0 Å². The highest BCUT2D eigenvalue weighted by Crippen LogP contribution is 2.38. The van der Waals surface area contributed by atoms with E-state index in [0.29, 0.717) is 41.8 Å². The molecule has 0 N–H and O–H groups in total. The summed E-state index contributed by atoms with van der Waals surface area (Å²) in [6.45, 7) is 0.945. The first-order chi connectivity index (χ1) is 14.1. The SMILES string of the molecule is COc1cc(/C=C/C(=O)N2CC(Oc3ccc(C#N)cn3)C2)cc(OC)c1OC. The second-order valence-electron chi connectivity index (χ2n) is 6.27. The molecule has 1 aromatic carbocycles. The number of nitrogens with zero attached hydrogens (tertiary/aromatic N) is 3. The molecule has 1 aromatic heterocycles. The molecule has 2 heterocycles. The first kappa shape index (κ1) is 20.0. The quantitative estimate of drug-likeness (QED) is 0.664. The van der Waals surface area contributed by atoms with Gasteiger partial charge in [-0.15, -0.1) is 0 Å². The molecule has 8 nitrogen and oxygen atoms in total. The van der Waals surface area contributed by atoms with Crippen molar-refractivity contribution < 1.29 is 23.7 Å². The molecule has 0 unspecified atom stereocenters. The minimum absolute atomic E-state index is 0.117. The summed E-state index contributed by atoms with van der Waals surface area (Å²) in [5.74, 6) is 1.86. The van der Waals surface area contributed by atoms with Gasteiger partial charge in [-0.1, -0.05) is 0 Å². The summed E-state index contributed by atoms with van der Waals surface area (Å²) in [6.07, 6.45) is 4.53. The lowest BCUT2D eigenvalue weighted by Gasteiger charge is -2.38. The minimum atomic E-state index is -0.119. The molecule has 0 saturated carbocycles. The number of ether oxygens (including phenoxy) is 4. The highest BCUT2D eigenvalue weighted by atomic mass is 16.5. The van der Waals surface area contributed by atoms with Gasteiger partial charge in [0.15, 0.2) is 11.5 Å². The predicted molar refractivity (Wildman–Crippen MR) is 105 cm³/mol. The molecule has 0 aliphatic carbocycles. The third-order valence-electron chi connectivity index (χ3n) is 4.42. The van der Waals surface area contributed by atoms with E-state index in [9.17, 15) is 4.79 Å². The van der Waals surface area contributed by atoms with Crippen LogP contribution in [0.2, 0.25) is 0 Å². The molecule has 0 bridgehead atoms. The molecule has 1 aliphatic heterocycles. The molecule has 2 aromatic rings. The van der Waals surface area contributed by atoms with Crippen molar-refractivity contribution in [2.24, 2.45) is 0 Å². The first-order valence-corrected chi connectivity index (χ1v) is 8.87. The van der Waals surface area contributed by atoms with Crippen LogP contribution in [0.3, 0.4) is 0 Å². The van der Waals surface area contributed by atoms with Crippen molar-refractivity contribution in [3.8, 4) is 29.2 Å². The Morgan fingerprint density at radius 2 is 1.86 bits per heavy atom. The molecule has 1 amide bonds. The molecule has 8 heteroatoms. The maximum absolute atomic E-state index is 12.4. The summed E-state index contributed by atoms with van der Waals surface area (Å²) in [5.41, 5.74) is 1.22. The maximum atomic E-state index is 12.4. The van der Waals surface area contributed by atoms with Gasteiger partial charge in [0.1, 0.15) is 12.2 Å². The Morgan fingerprint density at radius 1 is 1.17 bits per heavy atom. The van der Waals surface area contributed by atoms with E-state index in [2.05, 4.69) is 4.98 Å². The third kappa shape index (κ3) is 4.58. The number of methoxy groups -OCH3 is 3. The van der Waals surface area contributed by atoms with E-state index in [-0.39, 0.29) is 12.0 Å². The van der Waals surface area contributed by atoms with Crippen molar-refractivity contribution in [2.75, 3.05) is 34.4 Å². The van der Waals surface area contributed by atoms with Crippen LogP contribution in [0.4, 0.5) is 0 Å². The molecule has 1 fully saturated rings. The van der Waals surface area contributed by atoms with Crippen LogP contribution in [-0.4, -0.2) is 56.3 Å². The second kappa shape index (κ2) is 8.97. The van der Waals surface area contributed by atoms with E-state index in [1.54, 1.807) is 49.5 Å². The largest absolute Gasteiger partial charge is 0.493 e. The second-order valence-corrected chi connectivity index (χ2v) is 6.27. The normalized spacial score (nSPS) is 13.5. The van der Waals surface area contributed by atoms with Crippen LogP contribution in [0, 0.1) is 11.3 Å². The maximum Gasteiger partial charge on any atom is 0.246 e. The summed E-state index contributed by atoms with van der Waals surface area (Å²) in [5, 5.41) is 8.78. The summed E-state index contributed by atoms with van der Waals surface area (Å²) < 4.78 is 21.6. The number of pyridine rings is 1. The van der Waals surface area contributed by atoms with Crippen LogP contribution in [0.5, 0.6) is 23.1 Å². The topological polar surface area (TPSA) is 93.9 Å². The summed E-state index contributed by atoms with van der Waals surface area (Å²) in [7, 11) is 4.62. The molecule has 29 heavy (non-hydrogen) atoms. The molecule has 0 radical (unpaired) electrons. The van der Waals surface area contributed by atoms with Crippen LogP contribution >= 0.6 is 0 Å². The van der Waals surface area contributed by atoms with Gasteiger partial charge in [0.2, 0.25) is 17.5 Å². The molecular weight excluding hydrogens is 374 g/mol. The minimum Gasteiger partial charge on any atom is -0.493 e. The van der Waals surface area contributed by atoms with E-state index in [1.165, 1.54) is 19.4 Å². The number of carbonyl (C=O) groups excluding carboxylic acids is 1. The van der Waals surface area contributed by atoms with Crippen LogP contribution in [0.15, 0.2) is 36.5 Å². The molecule has 1 saturated heterocycles. The molecule has 0 atom stereocenters. The molecule has 3 rings (SSSR count). The zero-order valence-corrected chi connectivity index (χ0v) is 16.4. The van der Waals surface area contributed by atoms with Gasteiger partial charge < -0.3 is 23.8 Å². The van der Waals surface area contributed by atoms with E-state index >= 15 is 0 Å². The lowest BCUT2D eigenvalue weighted by molar-refractivity contribution is -0.134. The average molecular weight is 395 g/mol. The number of amides is 1. The first-order valence-electron chi connectivity index (χ1n) is 8.87. The van der Waals surface area contributed by atoms with Crippen molar-refractivity contribution in [3.63, 3.8) is 0 Å². The smallest absolute Gasteiger partial charge is 0.246 e. The molecular formula is C21H21N3O5. The van der Waals surface area contributed by atoms with E-state index in [1.807, 2.05) is 6.07 Å². The number of nitriles is 1. The van der Waals surface area contributed by atoms with Crippen molar-refractivity contribution in [3.05, 3.63) is 47.7 Å². The molecule has 150 valence electrons. The van der Waals surface area contributed by atoms with E-state index in [0.717, 1.165) is 5.56 Å². The Hall–Kier alpha value is -3.73. The van der Waals surface area contributed by atoms with Crippen molar-refractivity contribution in [1.82, 2.24) is 9.88 Å². The fourth-order valence-electron chi connectivity index (χ4n) is 2.85. The Bertz CT molecular complexity index is 919. The van der Waals surface area contributed by atoms with Gasteiger partial charge in [-0.05, 0) is 29.8 Å². The van der Waals surface area contributed by atoms with Crippen molar-refractivity contribution in [1.29, 1.82) is 5.26 Å². The standard InChI is InChI=1S/C21H21N3O5/c1-26-17-8-14(9-18(27-2)21(17)28-3)5-7-20(25)24-12-16(13-24)29-19-6-4-15(10-22)11-23-19/h4-9,11,16H,12-13H2,1-3H3/b7-5+. The summed E-state index contributed by atoms with van der Waals surface area (Å²) in [6, 6.07) is 8.83. The monoisotopic (exact) mass is 395 g/mol. The van der Waals surface area contributed by atoms with Gasteiger partial charge in [0.05, 0.1) is 40.0 Å². The van der Waals surface area contributed by atoms with Crippen molar-refractivity contribution in [2.45, 2.75) is 6.10 Å². The van der Waals surface area contributed by atoms with E-state index < -0.39 is 0 Å². The molecule has 0 spiro atoms. The summed E-state index contributed by atoms with van der Waals surface area (Å²) in [4.78, 5) is 18.1. The van der Waals surface area contributed by atoms with Crippen LogP contribution < -0.4 is 18.9 Å². The van der Waals surface area contributed by atoms with Gasteiger partial charge in [-0.2, -0.15) is 5.26 Å². The third-order valence-corrected chi connectivity index (χ3v) is 4.42. The highest BCUT2D eigenvalue weighted by molar-refractivity contribution is 5.92. The lowest BCUT2D eigenvalue weighted by atomic mass is 10.1. The fourth-order valence-corrected chi connectivity index (χ4v) is 2.85. The number of rotatable bonds is 7. The zero-order valence-electron chi connectivity index (χ0n) is 16.4. The van der Waals surface area contributed by atoms with Gasteiger partial charge >= 0.3 is 0 Å². The Morgan fingerprint density at radius 3 is 2.38 bits per heavy atom. The number of benzene rings is 1. The highest BCUT2D eigenvalue weighted by Gasteiger charge is 2.31. The Balaban J connectivity index is 1.57.